The number of hydrogen-bond donors (Lipinski definition) is 0. The fourth-order valence-corrected chi connectivity index (χ4v) is 10.0. The summed E-state index contributed by atoms with van der Waals surface area (Å²) in [5.74, 6) is 0. The molecule has 0 N–H and O–H groups in total. The molecule has 0 saturated carbocycles. The molecular weight excluding hydrogens is 384 g/mol. The van der Waals surface area contributed by atoms with Crippen LogP contribution in [0.4, 0.5) is 8.78 Å². The van der Waals surface area contributed by atoms with Crippen LogP contribution in [0.2, 0.25) is 5.04 Å². The molecule has 4 rings (SSSR count). The standard InChI is InChI=1S/C24H31F2NOSi/c1-23(2,3)29(20-10-6-4-7-11-20,21-12-8-5-9-13-21)28-18-24-16-19(25)17-27(24)15-14-22(24)26/h4-13,19,22H,14-18H2,1-3H3/t19-,22?,24+/m1/s1. The van der Waals surface area contributed by atoms with Gasteiger partial charge in [-0.3, -0.25) is 4.90 Å². The highest BCUT2D eigenvalue weighted by Gasteiger charge is 2.58. The van der Waals surface area contributed by atoms with Gasteiger partial charge in [-0.15, -0.1) is 0 Å². The first-order valence-corrected chi connectivity index (χ1v) is 12.5. The second-order valence-corrected chi connectivity index (χ2v) is 13.9. The van der Waals surface area contributed by atoms with Gasteiger partial charge in [0.05, 0.1) is 12.1 Å². The number of fused-ring (bicyclic) bond motifs is 1. The molecule has 0 aromatic heterocycles. The highest BCUT2D eigenvalue weighted by Crippen LogP contribution is 2.44. The van der Waals surface area contributed by atoms with Gasteiger partial charge < -0.3 is 4.43 Å². The van der Waals surface area contributed by atoms with E-state index in [1.807, 2.05) is 41.3 Å². The van der Waals surface area contributed by atoms with Crippen molar-refractivity contribution >= 4 is 18.7 Å². The van der Waals surface area contributed by atoms with Crippen molar-refractivity contribution in [2.75, 3.05) is 19.7 Å². The van der Waals surface area contributed by atoms with Gasteiger partial charge in [0.25, 0.3) is 8.32 Å². The van der Waals surface area contributed by atoms with Crippen LogP contribution in [0.3, 0.4) is 0 Å². The summed E-state index contributed by atoms with van der Waals surface area (Å²) >= 11 is 0. The van der Waals surface area contributed by atoms with Gasteiger partial charge in [-0.05, 0) is 21.8 Å². The molecule has 2 aromatic carbocycles. The molecule has 2 heterocycles. The zero-order valence-electron chi connectivity index (χ0n) is 17.6. The lowest BCUT2D eigenvalue weighted by molar-refractivity contribution is 0.0557. The molecule has 0 aliphatic carbocycles. The van der Waals surface area contributed by atoms with Gasteiger partial charge in [-0.2, -0.15) is 0 Å². The number of nitrogens with zero attached hydrogens (tertiary/aromatic N) is 1. The Morgan fingerprint density at radius 3 is 2.07 bits per heavy atom. The van der Waals surface area contributed by atoms with Crippen LogP contribution in [0, 0.1) is 0 Å². The molecule has 2 saturated heterocycles. The third-order valence-corrected chi connectivity index (χ3v) is 11.8. The first-order valence-electron chi connectivity index (χ1n) is 10.6. The molecule has 5 heteroatoms. The van der Waals surface area contributed by atoms with Crippen molar-refractivity contribution in [3.05, 3.63) is 60.7 Å². The largest absolute Gasteiger partial charge is 0.405 e. The normalized spacial score (nSPS) is 27.9. The molecule has 2 aromatic rings. The number of halogens is 2. The van der Waals surface area contributed by atoms with E-state index in [0.717, 1.165) is 0 Å². The van der Waals surface area contributed by atoms with E-state index >= 15 is 4.39 Å². The van der Waals surface area contributed by atoms with E-state index in [4.69, 9.17) is 4.43 Å². The fraction of sp³-hybridized carbons (Fsp3) is 0.500. The number of benzene rings is 2. The monoisotopic (exact) mass is 415 g/mol. The highest BCUT2D eigenvalue weighted by molar-refractivity contribution is 6.99. The number of rotatable bonds is 5. The summed E-state index contributed by atoms with van der Waals surface area (Å²) in [5.41, 5.74) is -0.827. The minimum atomic E-state index is -2.75. The van der Waals surface area contributed by atoms with Crippen LogP contribution in [0.5, 0.6) is 0 Å². The molecule has 156 valence electrons. The second-order valence-electron chi connectivity index (χ2n) is 9.56. The molecule has 0 amide bonds. The molecule has 29 heavy (non-hydrogen) atoms. The predicted molar refractivity (Wildman–Crippen MR) is 117 cm³/mol. The lowest BCUT2D eigenvalue weighted by atomic mass is 9.93. The van der Waals surface area contributed by atoms with Crippen molar-refractivity contribution in [3.8, 4) is 0 Å². The van der Waals surface area contributed by atoms with Crippen LogP contribution in [-0.4, -0.2) is 50.8 Å². The first-order chi connectivity index (χ1) is 13.8. The zero-order chi connectivity index (χ0) is 20.7. The van der Waals surface area contributed by atoms with E-state index in [-0.39, 0.29) is 18.1 Å². The van der Waals surface area contributed by atoms with E-state index in [2.05, 4.69) is 45.0 Å². The van der Waals surface area contributed by atoms with Gasteiger partial charge in [0.1, 0.15) is 12.3 Å². The molecule has 1 unspecified atom stereocenters. The summed E-state index contributed by atoms with van der Waals surface area (Å²) in [6, 6.07) is 20.7. The highest BCUT2D eigenvalue weighted by atomic mass is 28.4. The fourth-order valence-electron chi connectivity index (χ4n) is 5.41. The summed E-state index contributed by atoms with van der Waals surface area (Å²) in [6.45, 7) is 7.81. The van der Waals surface area contributed by atoms with Gasteiger partial charge in [-0.25, -0.2) is 8.78 Å². The summed E-state index contributed by atoms with van der Waals surface area (Å²) < 4.78 is 36.4. The van der Waals surface area contributed by atoms with Crippen molar-refractivity contribution in [1.29, 1.82) is 0 Å². The van der Waals surface area contributed by atoms with Crippen LogP contribution < -0.4 is 10.4 Å². The second kappa shape index (κ2) is 7.60. The summed E-state index contributed by atoms with van der Waals surface area (Å²) in [7, 11) is -2.75. The van der Waals surface area contributed by atoms with E-state index in [1.54, 1.807) is 0 Å². The van der Waals surface area contributed by atoms with Crippen molar-refractivity contribution in [2.45, 2.75) is 56.5 Å². The van der Waals surface area contributed by atoms with E-state index in [9.17, 15) is 4.39 Å². The Bertz CT molecular complexity index is 786. The Morgan fingerprint density at radius 1 is 1.00 bits per heavy atom. The van der Waals surface area contributed by atoms with E-state index < -0.39 is 26.2 Å². The Hall–Kier alpha value is -1.56. The van der Waals surface area contributed by atoms with Crippen molar-refractivity contribution < 1.29 is 13.2 Å². The van der Waals surface area contributed by atoms with E-state index in [1.165, 1.54) is 10.4 Å². The minimum absolute atomic E-state index is 0.171. The maximum absolute atomic E-state index is 15.1. The SMILES string of the molecule is CC(C)(C)[Si](OC[C@]12C[C@@H](F)CN1CCC2F)(c1ccccc1)c1ccccc1. The zero-order valence-corrected chi connectivity index (χ0v) is 18.6. The lowest BCUT2D eigenvalue weighted by Crippen LogP contribution is -2.68. The van der Waals surface area contributed by atoms with Crippen LogP contribution in [0.15, 0.2) is 60.7 Å². The number of hydrogen-bond acceptors (Lipinski definition) is 2. The summed E-state index contributed by atoms with van der Waals surface area (Å²) in [4.78, 5) is 2.00. The van der Waals surface area contributed by atoms with Crippen LogP contribution in [-0.2, 0) is 4.43 Å². The average Bonchev–Trinajstić information content (AvgIpc) is 3.17. The third kappa shape index (κ3) is 3.37. The van der Waals surface area contributed by atoms with Crippen molar-refractivity contribution in [2.24, 2.45) is 0 Å². The lowest BCUT2D eigenvalue weighted by Gasteiger charge is -2.46. The van der Waals surface area contributed by atoms with Gasteiger partial charge >= 0.3 is 0 Å². The van der Waals surface area contributed by atoms with E-state index in [0.29, 0.717) is 19.5 Å². The van der Waals surface area contributed by atoms with Crippen molar-refractivity contribution in [1.82, 2.24) is 4.90 Å². The Balaban J connectivity index is 1.79. The quantitative estimate of drug-likeness (QED) is 0.682. The van der Waals surface area contributed by atoms with Gasteiger partial charge in [0, 0.05) is 19.5 Å². The summed E-state index contributed by atoms with van der Waals surface area (Å²) in [5, 5.41) is 2.17. The Kier molecular flexibility index (Phi) is 5.43. The third-order valence-electron chi connectivity index (χ3n) is 6.81. The molecule has 2 aliphatic rings. The molecule has 2 nitrogen and oxygen atoms in total. The summed E-state index contributed by atoms with van der Waals surface area (Å²) in [6.07, 6.45) is -1.32. The smallest absolute Gasteiger partial charge is 0.261 e. The predicted octanol–water partition coefficient (Wildman–Crippen LogP) is 4.09. The Morgan fingerprint density at radius 2 is 1.55 bits per heavy atom. The van der Waals surface area contributed by atoms with Gasteiger partial charge in [-0.1, -0.05) is 81.4 Å². The molecule has 2 fully saturated rings. The molecular formula is C24H31F2NOSi. The molecule has 0 bridgehead atoms. The maximum atomic E-state index is 15.1. The van der Waals surface area contributed by atoms with Crippen molar-refractivity contribution in [3.63, 3.8) is 0 Å². The molecule has 3 atom stereocenters. The molecule has 0 spiro atoms. The topological polar surface area (TPSA) is 12.5 Å². The van der Waals surface area contributed by atoms with Gasteiger partial charge in [0.2, 0.25) is 0 Å². The first kappa shape index (κ1) is 20.7. The van der Waals surface area contributed by atoms with Gasteiger partial charge in [0.15, 0.2) is 0 Å². The molecule has 0 radical (unpaired) electrons. The average molecular weight is 416 g/mol. The van der Waals surface area contributed by atoms with Crippen LogP contribution in [0.1, 0.15) is 33.6 Å². The van der Waals surface area contributed by atoms with Crippen LogP contribution >= 0.6 is 0 Å². The minimum Gasteiger partial charge on any atom is -0.405 e. The van der Waals surface area contributed by atoms with Crippen LogP contribution in [0.25, 0.3) is 0 Å². The molecule has 2 aliphatic heterocycles. The maximum Gasteiger partial charge on any atom is 0.261 e. The number of alkyl halides is 2. The Labute approximate surface area is 174 Å².